The lowest BCUT2D eigenvalue weighted by molar-refractivity contribution is -0.114. The van der Waals surface area contributed by atoms with E-state index in [1.165, 1.54) is 28.3 Å². The Morgan fingerprint density at radius 1 is 1.00 bits per heavy atom. The predicted molar refractivity (Wildman–Crippen MR) is 119 cm³/mol. The van der Waals surface area contributed by atoms with E-state index in [-0.39, 0.29) is 23.6 Å². The van der Waals surface area contributed by atoms with Crippen LogP contribution in [0.3, 0.4) is 0 Å². The van der Waals surface area contributed by atoms with Crippen molar-refractivity contribution in [2.24, 2.45) is 0 Å². The van der Waals surface area contributed by atoms with Gasteiger partial charge in [0.2, 0.25) is 11.7 Å². The SMILES string of the molecule is COc1cc(C(C)NC(=O)c2[nH]c3ccc(C)cc3c2NC(C)=O)cc(OC)c1OC. The Hall–Kier alpha value is -3.68. The number of H-pyrrole nitrogens is 1. The maximum absolute atomic E-state index is 13.1. The number of methoxy groups -OCH3 is 3. The van der Waals surface area contributed by atoms with Gasteiger partial charge in [-0.3, -0.25) is 9.59 Å². The van der Waals surface area contributed by atoms with Gasteiger partial charge in [-0.1, -0.05) is 11.6 Å². The second kappa shape index (κ2) is 8.99. The number of carbonyl (C=O) groups is 2. The summed E-state index contributed by atoms with van der Waals surface area (Å²) in [5.74, 6) is 0.870. The molecular weight excluding hydrogens is 398 g/mol. The standard InChI is InChI=1S/C23H27N3O5/c1-12-7-8-17-16(9-12)20(25-14(3)27)21(26-17)23(28)24-13(2)15-10-18(29-4)22(31-6)19(11-15)30-5/h7-11,13,26H,1-6H3,(H,24,28)(H,25,27). The quantitative estimate of drug-likeness (QED) is 0.532. The molecule has 3 rings (SSSR count). The molecule has 0 fully saturated rings. The number of fused-ring (bicyclic) bond motifs is 1. The third-order valence-corrected chi connectivity index (χ3v) is 5.02. The molecule has 1 atom stereocenters. The van der Waals surface area contributed by atoms with Gasteiger partial charge in [-0.25, -0.2) is 0 Å². The van der Waals surface area contributed by atoms with Gasteiger partial charge in [0, 0.05) is 17.8 Å². The largest absolute Gasteiger partial charge is 0.493 e. The molecule has 0 aliphatic heterocycles. The first-order valence-corrected chi connectivity index (χ1v) is 9.79. The number of aryl methyl sites for hydroxylation is 1. The summed E-state index contributed by atoms with van der Waals surface area (Å²) in [5.41, 5.74) is 3.31. The topological polar surface area (TPSA) is 102 Å². The number of aromatic nitrogens is 1. The lowest BCUT2D eigenvalue weighted by Gasteiger charge is -2.19. The van der Waals surface area contributed by atoms with Crippen LogP contribution in [-0.2, 0) is 4.79 Å². The van der Waals surface area contributed by atoms with Crippen molar-refractivity contribution in [3.05, 3.63) is 47.2 Å². The average molecular weight is 425 g/mol. The van der Waals surface area contributed by atoms with Crippen molar-refractivity contribution in [1.29, 1.82) is 0 Å². The minimum Gasteiger partial charge on any atom is -0.493 e. The van der Waals surface area contributed by atoms with Crippen LogP contribution in [0, 0.1) is 6.92 Å². The second-order valence-electron chi connectivity index (χ2n) is 7.26. The van der Waals surface area contributed by atoms with Gasteiger partial charge in [0.05, 0.1) is 33.1 Å². The van der Waals surface area contributed by atoms with E-state index in [1.54, 1.807) is 12.1 Å². The number of carbonyl (C=O) groups excluding carboxylic acids is 2. The van der Waals surface area contributed by atoms with Gasteiger partial charge in [0.25, 0.3) is 5.91 Å². The number of rotatable bonds is 7. The molecular formula is C23H27N3O5. The van der Waals surface area contributed by atoms with Gasteiger partial charge < -0.3 is 29.8 Å². The zero-order valence-corrected chi connectivity index (χ0v) is 18.5. The highest BCUT2D eigenvalue weighted by Gasteiger charge is 2.22. The molecule has 0 bridgehead atoms. The fraction of sp³-hybridized carbons (Fsp3) is 0.304. The predicted octanol–water partition coefficient (Wildman–Crippen LogP) is 3.95. The summed E-state index contributed by atoms with van der Waals surface area (Å²) < 4.78 is 16.2. The van der Waals surface area contributed by atoms with Gasteiger partial charge in [0.1, 0.15) is 5.69 Å². The maximum Gasteiger partial charge on any atom is 0.270 e. The molecule has 1 unspecified atom stereocenters. The zero-order valence-electron chi connectivity index (χ0n) is 18.5. The van der Waals surface area contributed by atoms with Gasteiger partial charge in [0.15, 0.2) is 11.5 Å². The fourth-order valence-corrected chi connectivity index (χ4v) is 3.49. The Morgan fingerprint density at radius 3 is 2.19 bits per heavy atom. The van der Waals surface area contributed by atoms with Crippen LogP contribution in [0.1, 0.15) is 41.5 Å². The van der Waals surface area contributed by atoms with Crippen LogP contribution in [0.5, 0.6) is 17.2 Å². The lowest BCUT2D eigenvalue weighted by Crippen LogP contribution is -2.28. The van der Waals surface area contributed by atoms with E-state index in [1.807, 2.05) is 32.0 Å². The Kier molecular flexibility index (Phi) is 6.39. The van der Waals surface area contributed by atoms with Crippen molar-refractivity contribution in [3.63, 3.8) is 0 Å². The molecule has 0 saturated carbocycles. The van der Waals surface area contributed by atoms with Crippen LogP contribution < -0.4 is 24.8 Å². The number of benzene rings is 2. The van der Waals surface area contributed by atoms with E-state index in [2.05, 4.69) is 15.6 Å². The van der Waals surface area contributed by atoms with Crippen molar-refractivity contribution >= 4 is 28.4 Å². The first-order chi connectivity index (χ1) is 14.8. The molecule has 2 aromatic carbocycles. The minimum atomic E-state index is -0.375. The molecule has 3 N–H and O–H groups in total. The molecule has 1 heterocycles. The van der Waals surface area contributed by atoms with Crippen molar-refractivity contribution in [2.75, 3.05) is 26.6 Å². The highest BCUT2D eigenvalue weighted by Crippen LogP contribution is 2.39. The average Bonchev–Trinajstić information content (AvgIpc) is 3.09. The van der Waals surface area contributed by atoms with Crippen LogP contribution >= 0.6 is 0 Å². The van der Waals surface area contributed by atoms with Crippen molar-refractivity contribution in [3.8, 4) is 17.2 Å². The van der Waals surface area contributed by atoms with E-state index >= 15 is 0 Å². The van der Waals surface area contributed by atoms with Crippen molar-refractivity contribution in [1.82, 2.24) is 10.3 Å². The first kappa shape index (κ1) is 22.0. The molecule has 0 spiro atoms. The molecule has 0 saturated heterocycles. The number of nitrogens with one attached hydrogen (secondary N) is 3. The molecule has 164 valence electrons. The summed E-state index contributed by atoms with van der Waals surface area (Å²) in [5, 5.41) is 6.53. The molecule has 8 nitrogen and oxygen atoms in total. The molecule has 2 amide bonds. The molecule has 0 radical (unpaired) electrons. The fourth-order valence-electron chi connectivity index (χ4n) is 3.49. The summed E-state index contributed by atoms with van der Waals surface area (Å²) in [6.07, 6.45) is 0. The Morgan fingerprint density at radius 2 is 1.65 bits per heavy atom. The molecule has 8 heteroatoms. The Labute approximate surface area is 180 Å². The van der Waals surface area contributed by atoms with Gasteiger partial charge in [-0.15, -0.1) is 0 Å². The van der Waals surface area contributed by atoms with Crippen LogP contribution in [0.2, 0.25) is 0 Å². The van der Waals surface area contributed by atoms with Crippen LogP contribution in [0.25, 0.3) is 10.9 Å². The van der Waals surface area contributed by atoms with E-state index in [9.17, 15) is 9.59 Å². The molecule has 0 aliphatic carbocycles. The summed E-state index contributed by atoms with van der Waals surface area (Å²) in [4.78, 5) is 28.0. The number of ether oxygens (including phenoxy) is 3. The second-order valence-corrected chi connectivity index (χ2v) is 7.26. The molecule has 1 aromatic heterocycles. The third kappa shape index (κ3) is 4.42. The van der Waals surface area contributed by atoms with Crippen LogP contribution in [0.4, 0.5) is 5.69 Å². The van der Waals surface area contributed by atoms with E-state index in [0.717, 1.165) is 22.0 Å². The number of amides is 2. The Bertz CT molecular complexity index is 1110. The number of aromatic amines is 1. The first-order valence-electron chi connectivity index (χ1n) is 9.79. The maximum atomic E-state index is 13.1. The lowest BCUT2D eigenvalue weighted by atomic mass is 10.1. The van der Waals surface area contributed by atoms with Crippen LogP contribution in [-0.4, -0.2) is 38.1 Å². The molecule has 31 heavy (non-hydrogen) atoms. The Balaban J connectivity index is 1.96. The summed E-state index contributed by atoms with van der Waals surface area (Å²) in [6, 6.07) is 8.95. The number of anilines is 1. The summed E-state index contributed by atoms with van der Waals surface area (Å²) in [7, 11) is 4.61. The van der Waals surface area contributed by atoms with Crippen molar-refractivity contribution in [2.45, 2.75) is 26.8 Å². The number of hydrogen-bond donors (Lipinski definition) is 3. The van der Waals surface area contributed by atoms with E-state index < -0.39 is 0 Å². The van der Waals surface area contributed by atoms with E-state index in [0.29, 0.717) is 22.9 Å². The normalized spacial score (nSPS) is 11.7. The monoisotopic (exact) mass is 425 g/mol. The smallest absolute Gasteiger partial charge is 0.270 e. The van der Waals surface area contributed by atoms with E-state index in [4.69, 9.17) is 14.2 Å². The molecule has 0 aliphatic rings. The minimum absolute atomic E-state index is 0.255. The summed E-state index contributed by atoms with van der Waals surface area (Å²) in [6.45, 7) is 5.22. The summed E-state index contributed by atoms with van der Waals surface area (Å²) >= 11 is 0. The van der Waals surface area contributed by atoms with Gasteiger partial charge >= 0.3 is 0 Å². The highest BCUT2D eigenvalue weighted by atomic mass is 16.5. The van der Waals surface area contributed by atoms with Gasteiger partial charge in [-0.05, 0) is 43.7 Å². The van der Waals surface area contributed by atoms with Crippen LogP contribution in [0.15, 0.2) is 30.3 Å². The highest BCUT2D eigenvalue weighted by molar-refractivity contribution is 6.12. The van der Waals surface area contributed by atoms with Crippen molar-refractivity contribution < 1.29 is 23.8 Å². The van der Waals surface area contributed by atoms with Gasteiger partial charge in [-0.2, -0.15) is 0 Å². The zero-order chi connectivity index (χ0) is 22.7. The molecule has 3 aromatic rings. The number of hydrogen-bond acceptors (Lipinski definition) is 5. The third-order valence-electron chi connectivity index (χ3n) is 5.02.